The fourth-order valence-electron chi connectivity index (χ4n) is 1.03. The number of rotatable bonds is 7. The minimum absolute atomic E-state index is 0.0536. The van der Waals surface area contributed by atoms with Gasteiger partial charge in [0.05, 0.1) is 0 Å². The van der Waals surface area contributed by atoms with Crippen LogP contribution in [-0.4, -0.2) is 42.9 Å². The van der Waals surface area contributed by atoms with Gasteiger partial charge < -0.3 is 10.4 Å². The Hall–Kier alpha value is -1.11. The second-order valence-electron chi connectivity index (χ2n) is 3.58. The lowest BCUT2D eigenvalue weighted by Crippen LogP contribution is -2.37. The van der Waals surface area contributed by atoms with Crippen LogP contribution in [0.3, 0.4) is 0 Å². The van der Waals surface area contributed by atoms with Gasteiger partial charge in [-0.3, -0.25) is 9.59 Å². The van der Waals surface area contributed by atoms with Crippen molar-refractivity contribution in [3.63, 3.8) is 0 Å². The first-order chi connectivity index (χ1) is 7.26. The molecule has 0 saturated heterocycles. The van der Waals surface area contributed by atoms with Crippen molar-refractivity contribution in [2.45, 2.75) is 32.7 Å². The van der Waals surface area contributed by atoms with Crippen LogP contribution in [0.25, 0.3) is 0 Å². The highest BCUT2D eigenvalue weighted by Crippen LogP contribution is 1.97. The summed E-state index contributed by atoms with van der Waals surface area (Å²) in [6, 6.07) is -0.337. The summed E-state index contributed by atoms with van der Waals surface area (Å²) < 4.78 is 22.2. The Labute approximate surface area is 95.0 Å². The zero-order chi connectivity index (χ0) is 12.8. The average molecular weight is 251 g/mol. The molecule has 1 amide bonds. The number of carbonyl (C=O) groups is 2. The number of nitrogens with one attached hydrogen (secondary N) is 1. The Morgan fingerprint density at radius 3 is 2.38 bits per heavy atom. The number of carboxylic acids is 1. The topological polar surface area (TPSA) is 101 Å². The molecule has 94 valence electrons. The van der Waals surface area contributed by atoms with Gasteiger partial charge in [-0.1, -0.05) is 6.92 Å². The summed E-state index contributed by atoms with van der Waals surface area (Å²) in [6.45, 7) is 3.11. The summed E-state index contributed by atoms with van der Waals surface area (Å²) in [4.78, 5) is 21.5. The molecular weight excluding hydrogens is 234 g/mol. The highest BCUT2D eigenvalue weighted by atomic mass is 32.2. The molecule has 0 aliphatic carbocycles. The quantitative estimate of drug-likeness (QED) is 0.652. The third kappa shape index (κ3) is 7.22. The molecule has 16 heavy (non-hydrogen) atoms. The highest BCUT2D eigenvalue weighted by molar-refractivity contribution is 7.92. The number of amides is 1. The molecule has 7 heteroatoms. The van der Waals surface area contributed by atoms with Crippen LogP contribution in [0, 0.1) is 0 Å². The summed E-state index contributed by atoms with van der Waals surface area (Å²) >= 11 is 0. The first-order valence-corrected chi connectivity index (χ1v) is 6.80. The summed E-state index contributed by atoms with van der Waals surface area (Å²) in [5, 5.41) is 10.9. The molecule has 0 aromatic carbocycles. The SMILES string of the molecule is CCS(=O)(=O)CC(=O)NC(C)CCC(=O)O. The van der Waals surface area contributed by atoms with E-state index in [-0.39, 0.29) is 24.6 Å². The van der Waals surface area contributed by atoms with Gasteiger partial charge in [-0.25, -0.2) is 8.42 Å². The average Bonchev–Trinajstić information content (AvgIpc) is 2.13. The minimum Gasteiger partial charge on any atom is -0.481 e. The molecule has 0 bridgehead atoms. The molecule has 0 fully saturated rings. The fourth-order valence-corrected chi connectivity index (χ4v) is 1.72. The maximum Gasteiger partial charge on any atom is 0.303 e. The standard InChI is InChI=1S/C9H17NO5S/c1-3-16(14,15)6-8(11)10-7(2)4-5-9(12)13/h7H,3-6H2,1-2H3,(H,10,11)(H,12,13). The van der Waals surface area contributed by atoms with Gasteiger partial charge in [-0.2, -0.15) is 0 Å². The van der Waals surface area contributed by atoms with Gasteiger partial charge in [0.15, 0.2) is 9.84 Å². The lowest BCUT2D eigenvalue weighted by Gasteiger charge is -2.12. The van der Waals surface area contributed by atoms with E-state index in [9.17, 15) is 18.0 Å². The Morgan fingerprint density at radius 1 is 1.38 bits per heavy atom. The van der Waals surface area contributed by atoms with Crippen LogP contribution in [0.2, 0.25) is 0 Å². The number of carboxylic acid groups (broad SMARTS) is 1. The summed E-state index contributed by atoms with van der Waals surface area (Å²) in [5.41, 5.74) is 0. The van der Waals surface area contributed by atoms with Crippen LogP contribution in [0.4, 0.5) is 0 Å². The fraction of sp³-hybridized carbons (Fsp3) is 0.778. The van der Waals surface area contributed by atoms with E-state index in [0.29, 0.717) is 0 Å². The molecule has 0 spiro atoms. The predicted molar refractivity (Wildman–Crippen MR) is 58.8 cm³/mol. The number of aliphatic carboxylic acids is 1. The molecular formula is C9H17NO5S. The van der Waals surface area contributed by atoms with E-state index in [1.807, 2.05) is 0 Å². The van der Waals surface area contributed by atoms with Gasteiger partial charge in [0, 0.05) is 18.2 Å². The van der Waals surface area contributed by atoms with E-state index in [2.05, 4.69) is 5.32 Å². The smallest absolute Gasteiger partial charge is 0.303 e. The van der Waals surface area contributed by atoms with Gasteiger partial charge in [0.2, 0.25) is 5.91 Å². The summed E-state index contributed by atoms with van der Waals surface area (Å²) in [5.74, 6) is -2.15. The monoisotopic (exact) mass is 251 g/mol. The van der Waals surface area contributed by atoms with Crippen LogP contribution in [-0.2, 0) is 19.4 Å². The Balaban J connectivity index is 4.01. The number of hydrogen-bond donors (Lipinski definition) is 2. The van der Waals surface area contributed by atoms with E-state index in [0.717, 1.165) is 0 Å². The maximum atomic E-state index is 11.2. The molecule has 0 heterocycles. The first kappa shape index (κ1) is 14.9. The lowest BCUT2D eigenvalue weighted by atomic mass is 10.2. The van der Waals surface area contributed by atoms with Crippen molar-refractivity contribution in [1.29, 1.82) is 0 Å². The number of hydrogen-bond acceptors (Lipinski definition) is 4. The van der Waals surface area contributed by atoms with Gasteiger partial charge in [-0.05, 0) is 13.3 Å². The van der Waals surface area contributed by atoms with Crippen molar-refractivity contribution in [3.8, 4) is 0 Å². The predicted octanol–water partition coefficient (Wildman–Crippen LogP) is -0.209. The molecule has 2 N–H and O–H groups in total. The largest absolute Gasteiger partial charge is 0.481 e. The molecule has 1 atom stereocenters. The normalized spacial score (nSPS) is 13.1. The van der Waals surface area contributed by atoms with Crippen LogP contribution in [0.5, 0.6) is 0 Å². The van der Waals surface area contributed by atoms with E-state index >= 15 is 0 Å². The van der Waals surface area contributed by atoms with Crippen LogP contribution < -0.4 is 5.32 Å². The molecule has 1 unspecified atom stereocenters. The second-order valence-corrected chi connectivity index (χ2v) is 5.93. The van der Waals surface area contributed by atoms with Gasteiger partial charge in [0.25, 0.3) is 0 Å². The summed E-state index contributed by atoms with van der Waals surface area (Å²) in [7, 11) is -3.32. The minimum atomic E-state index is -3.32. The van der Waals surface area contributed by atoms with Crippen LogP contribution in [0.1, 0.15) is 26.7 Å². The van der Waals surface area contributed by atoms with E-state index in [1.165, 1.54) is 6.92 Å². The molecule has 0 aliphatic rings. The van der Waals surface area contributed by atoms with Crippen molar-refractivity contribution >= 4 is 21.7 Å². The summed E-state index contributed by atoms with van der Waals surface area (Å²) in [6.07, 6.45) is 0.231. The Bertz CT molecular complexity index is 349. The highest BCUT2D eigenvalue weighted by Gasteiger charge is 2.16. The zero-order valence-corrected chi connectivity index (χ0v) is 10.2. The van der Waals surface area contributed by atoms with Crippen molar-refractivity contribution in [1.82, 2.24) is 5.32 Å². The van der Waals surface area contributed by atoms with Crippen molar-refractivity contribution in [2.75, 3.05) is 11.5 Å². The number of carbonyl (C=O) groups excluding carboxylic acids is 1. The zero-order valence-electron chi connectivity index (χ0n) is 9.39. The molecule has 0 aliphatic heterocycles. The molecule has 0 aromatic rings. The Kier molecular flexibility index (Phi) is 6.02. The molecule has 0 radical (unpaired) electrons. The maximum absolute atomic E-state index is 11.2. The van der Waals surface area contributed by atoms with Gasteiger partial charge in [-0.15, -0.1) is 0 Å². The van der Waals surface area contributed by atoms with E-state index < -0.39 is 27.5 Å². The van der Waals surface area contributed by atoms with Crippen LogP contribution >= 0.6 is 0 Å². The second kappa shape index (κ2) is 6.47. The van der Waals surface area contributed by atoms with Crippen molar-refractivity contribution in [3.05, 3.63) is 0 Å². The number of sulfone groups is 1. The first-order valence-electron chi connectivity index (χ1n) is 4.98. The van der Waals surface area contributed by atoms with Gasteiger partial charge >= 0.3 is 5.97 Å². The van der Waals surface area contributed by atoms with E-state index in [1.54, 1.807) is 6.92 Å². The molecule has 6 nitrogen and oxygen atoms in total. The van der Waals surface area contributed by atoms with Crippen molar-refractivity contribution < 1.29 is 23.1 Å². The molecule has 0 saturated carbocycles. The van der Waals surface area contributed by atoms with Crippen molar-refractivity contribution in [2.24, 2.45) is 0 Å². The third-order valence-electron chi connectivity index (χ3n) is 1.99. The van der Waals surface area contributed by atoms with Gasteiger partial charge in [0.1, 0.15) is 5.75 Å². The molecule has 0 aromatic heterocycles. The Morgan fingerprint density at radius 2 is 1.94 bits per heavy atom. The van der Waals surface area contributed by atoms with Crippen LogP contribution in [0.15, 0.2) is 0 Å². The third-order valence-corrected chi connectivity index (χ3v) is 3.57. The lowest BCUT2D eigenvalue weighted by molar-refractivity contribution is -0.137. The molecule has 0 rings (SSSR count). The van der Waals surface area contributed by atoms with E-state index in [4.69, 9.17) is 5.11 Å².